The van der Waals surface area contributed by atoms with Gasteiger partial charge in [0.2, 0.25) is 0 Å². The Kier molecular flexibility index (Phi) is 5.86. The highest BCUT2D eigenvalue weighted by Crippen LogP contribution is 2.18. The molecule has 1 atom stereocenters. The first-order valence-corrected chi connectivity index (χ1v) is 9.30. The molecule has 0 saturated heterocycles. The Morgan fingerprint density at radius 3 is 2.54 bits per heavy atom. The van der Waals surface area contributed by atoms with Gasteiger partial charge in [0.15, 0.2) is 6.04 Å². The molecular weight excluding hydrogens is 324 g/mol. The Hall–Kier alpha value is -2.43. The first kappa shape index (κ1) is 18.4. The number of fused-ring (bicyclic) bond motifs is 1. The SMILES string of the molecule is CCc1ccc2c(C[NH2+]C[C@@H](c3ccccc3)[NH+](C)C)cc(=O)oc2c1. The summed E-state index contributed by atoms with van der Waals surface area (Å²) in [5.74, 6) is 0. The quantitative estimate of drug-likeness (QED) is 0.630. The molecular formula is C22H28N2O2+2. The van der Waals surface area contributed by atoms with Gasteiger partial charge in [-0.05, 0) is 18.1 Å². The third kappa shape index (κ3) is 4.21. The highest BCUT2D eigenvalue weighted by Gasteiger charge is 2.19. The summed E-state index contributed by atoms with van der Waals surface area (Å²) >= 11 is 0. The van der Waals surface area contributed by atoms with E-state index in [-0.39, 0.29) is 5.63 Å². The van der Waals surface area contributed by atoms with Crippen LogP contribution in [-0.2, 0) is 13.0 Å². The van der Waals surface area contributed by atoms with Crippen LogP contribution < -0.4 is 15.8 Å². The fraction of sp³-hybridized carbons (Fsp3) is 0.318. The smallest absolute Gasteiger partial charge is 0.336 e. The van der Waals surface area contributed by atoms with Crippen LogP contribution in [0.1, 0.15) is 29.7 Å². The number of likely N-dealkylation sites (N-methyl/N-ethyl adjacent to an activating group) is 1. The number of nitrogens with one attached hydrogen (secondary N) is 1. The van der Waals surface area contributed by atoms with Gasteiger partial charge in [-0.15, -0.1) is 0 Å². The van der Waals surface area contributed by atoms with Gasteiger partial charge in [-0.25, -0.2) is 4.79 Å². The zero-order valence-corrected chi connectivity index (χ0v) is 15.8. The monoisotopic (exact) mass is 352 g/mol. The first-order chi connectivity index (χ1) is 12.6. The summed E-state index contributed by atoms with van der Waals surface area (Å²) in [6.07, 6.45) is 0.931. The summed E-state index contributed by atoms with van der Waals surface area (Å²) in [4.78, 5) is 13.3. The van der Waals surface area contributed by atoms with Crippen molar-refractivity contribution in [3.05, 3.63) is 81.7 Å². The summed E-state index contributed by atoms with van der Waals surface area (Å²) in [5.41, 5.74) is 3.99. The minimum Gasteiger partial charge on any atom is -0.423 e. The van der Waals surface area contributed by atoms with Gasteiger partial charge in [0, 0.05) is 22.6 Å². The molecule has 1 heterocycles. The number of rotatable bonds is 7. The van der Waals surface area contributed by atoms with Gasteiger partial charge < -0.3 is 14.6 Å². The lowest BCUT2D eigenvalue weighted by molar-refractivity contribution is -0.910. The van der Waals surface area contributed by atoms with Crippen LogP contribution in [-0.4, -0.2) is 20.6 Å². The average Bonchev–Trinajstić information content (AvgIpc) is 2.64. The predicted molar refractivity (Wildman–Crippen MR) is 104 cm³/mol. The molecule has 1 aromatic heterocycles. The number of hydrogen-bond donors (Lipinski definition) is 2. The average molecular weight is 352 g/mol. The van der Waals surface area contributed by atoms with Crippen LogP contribution in [0.2, 0.25) is 0 Å². The van der Waals surface area contributed by atoms with Crippen LogP contribution in [0.15, 0.2) is 63.8 Å². The largest absolute Gasteiger partial charge is 0.423 e. The maximum Gasteiger partial charge on any atom is 0.336 e. The zero-order valence-electron chi connectivity index (χ0n) is 15.8. The highest BCUT2D eigenvalue weighted by molar-refractivity contribution is 5.80. The van der Waals surface area contributed by atoms with Crippen LogP contribution in [0.4, 0.5) is 0 Å². The van der Waals surface area contributed by atoms with E-state index in [1.807, 2.05) is 6.07 Å². The van der Waals surface area contributed by atoms with Gasteiger partial charge in [-0.2, -0.15) is 0 Å². The molecule has 0 bridgehead atoms. The lowest BCUT2D eigenvalue weighted by atomic mass is 10.0. The van der Waals surface area contributed by atoms with Crippen molar-refractivity contribution >= 4 is 11.0 Å². The number of benzene rings is 2. The molecule has 2 aromatic carbocycles. The Morgan fingerprint density at radius 1 is 1.08 bits per heavy atom. The fourth-order valence-electron chi connectivity index (χ4n) is 3.46. The fourth-order valence-corrected chi connectivity index (χ4v) is 3.46. The van der Waals surface area contributed by atoms with Crippen molar-refractivity contribution in [2.75, 3.05) is 20.6 Å². The third-order valence-electron chi connectivity index (χ3n) is 4.97. The standard InChI is InChI=1S/C22H26N2O2/c1-4-16-10-11-19-18(13-22(25)26-21(19)12-16)14-23-15-20(24(2)3)17-8-6-5-7-9-17/h5-13,20,23H,4,14-15H2,1-3H3/p+2/t20-/m0/s1. The van der Waals surface area contributed by atoms with Crippen LogP contribution in [0, 0.1) is 0 Å². The van der Waals surface area contributed by atoms with Gasteiger partial charge in [0.25, 0.3) is 0 Å². The molecule has 0 saturated carbocycles. The van der Waals surface area contributed by atoms with Gasteiger partial charge >= 0.3 is 5.63 Å². The molecule has 0 radical (unpaired) electrons. The van der Waals surface area contributed by atoms with Crippen molar-refractivity contribution in [3.63, 3.8) is 0 Å². The summed E-state index contributed by atoms with van der Waals surface area (Å²) < 4.78 is 5.41. The molecule has 3 N–H and O–H groups in total. The van der Waals surface area contributed by atoms with Crippen molar-refractivity contribution in [1.29, 1.82) is 0 Å². The second kappa shape index (κ2) is 8.30. The normalized spacial score (nSPS) is 12.6. The molecule has 0 fully saturated rings. The molecule has 0 amide bonds. The molecule has 0 unspecified atom stereocenters. The van der Waals surface area contributed by atoms with Crippen molar-refractivity contribution in [2.24, 2.45) is 0 Å². The van der Waals surface area contributed by atoms with Crippen LogP contribution >= 0.6 is 0 Å². The number of quaternary nitrogens is 2. The Bertz CT molecular complexity index is 916. The number of nitrogens with two attached hydrogens (primary N) is 1. The topological polar surface area (TPSA) is 51.3 Å². The number of hydrogen-bond acceptors (Lipinski definition) is 2. The zero-order chi connectivity index (χ0) is 18.5. The maximum absolute atomic E-state index is 11.9. The van der Waals surface area contributed by atoms with E-state index in [1.165, 1.54) is 16.0 Å². The first-order valence-electron chi connectivity index (χ1n) is 9.30. The van der Waals surface area contributed by atoms with Gasteiger partial charge in [0.1, 0.15) is 18.7 Å². The van der Waals surface area contributed by atoms with E-state index in [2.05, 4.69) is 68.8 Å². The van der Waals surface area contributed by atoms with E-state index < -0.39 is 0 Å². The molecule has 0 aliphatic heterocycles. The molecule has 0 aliphatic rings. The summed E-state index contributed by atoms with van der Waals surface area (Å²) in [6.45, 7) is 3.83. The lowest BCUT2D eigenvalue weighted by Gasteiger charge is -2.20. The van der Waals surface area contributed by atoms with E-state index >= 15 is 0 Å². The second-order valence-corrected chi connectivity index (χ2v) is 7.04. The number of aryl methyl sites for hydroxylation is 1. The predicted octanol–water partition coefficient (Wildman–Crippen LogP) is 1.30. The van der Waals surface area contributed by atoms with Crippen molar-refractivity contribution in [3.8, 4) is 0 Å². The summed E-state index contributed by atoms with van der Waals surface area (Å²) in [5, 5.41) is 3.32. The van der Waals surface area contributed by atoms with E-state index in [0.29, 0.717) is 11.6 Å². The van der Waals surface area contributed by atoms with Gasteiger partial charge in [-0.3, -0.25) is 0 Å². The Balaban J connectivity index is 1.78. The molecule has 4 heteroatoms. The molecule has 4 nitrogen and oxygen atoms in total. The molecule has 136 valence electrons. The van der Waals surface area contributed by atoms with E-state index in [1.54, 1.807) is 6.07 Å². The van der Waals surface area contributed by atoms with Crippen LogP contribution in [0.3, 0.4) is 0 Å². The molecule has 3 aromatic rings. The molecule has 0 aliphatic carbocycles. The molecule has 26 heavy (non-hydrogen) atoms. The Morgan fingerprint density at radius 2 is 1.85 bits per heavy atom. The van der Waals surface area contributed by atoms with Gasteiger partial charge in [-0.1, -0.05) is 49.4 Å². The molecule has 0 spiro atoms. The van der Waals surface area contributed by atoms with Crippen molar-refractivity contribution in [2.45, 2.75) is 25.9 Å². The highest BCUT2D eigenvalue weighted by atomic mass is 16.4. The second-order valence-electron chi connectivity index (χ2n) is 7.04. The summed E-state index contributed by atoms with van der Waals surface area (Å²) in [7, 11) is 4.37. The third-order valence-corrected chi connectivity index (χ3v) is 4.97. The van der Waals surface area contributed by atoms with E-state index in [9.17, 15) is 4.79 Å². The van der Waals surface area contributed by atoms with Crippen molar-refractivity contribution in [1.82, 2.24) is 0 Å². The van der Waals surface area contributed by atoms with E-state index in [4.69, 9.17) is 4.42 Å². The van der Waals surface area contributed by atoms with Crippen LogP contribution in [0.5, 0.6) is 0 Å². The summed E-state index contributed by atoms with van der Waals surface area (Å²) in [6, 6.07) is 18.8. The Labute approximate surface area is 154 Å². The van der Waals surface area contributed by atoms with Crippen LogP contribution in [0.25, 0.3) is 11.0 Å². The maximum atomic E-state index is 11.9. The lowest BCUT2D eigenvalue weighted by Crippen LogP contribution is -3.09. The minimum absolute atomic E-state index is 0.271. The van der Waals surface area contributed by atoms with Crippen molar-refractivity contribution < 1.29 is 14.6 Å². The minimum atomic E-state index is -0.271. The molecule has 3 rings (SSSR count). The van der Waals surface area contributed by atoms with E-state index in [0.717, 1.165) is 30.5 Å². The van der Waals surface area contributed by atoms with Gasteiger partial charge in [0.05, 0.1) is 14.1 Å².